The van der Waals surface area contributed by atoms with Crippen LogP contribution in [0.5, 0.6) is 0 Å². The first kappa shape index (κ1) is 17.4. The highest BCUT2D eigenvalue weighted by molar-refractivity contribution is 6.30. The van der Waals surface area contributed by atoms with Gasteiger partial charge in [-0.2, -0.15) is 0 Å². The van der Waals surface area contributed by atoms with E-state index in [0.717, 1.165) is 63.3 Å². The molecule has 6 heteroatoms. The fourth-order valence-corrected chi connectivity index (χ4v) is 2.97. The number of ether oxygens (including phenoxy) is 1. The normalized spacial score (nSPS) is 19.0. The van der Waals surface area contributed by atoms with Crippen LogP contribution in [0.2, 0.25) is 5.02 Å². The van der Waals surface area contributed by atoms with Gasteiger partial charge in [0.25, 0.3) is 0 Å². The van der Waals surface area contributed by atoms with E-state index in [0.29, 0.717) is 5.96 Å². The molecule has 132 valence electrons. The molecule has 1 aromatic rings. The number of nitrogens with zero attached hydrogens (tertiary/aromatic N) is 3. The van der Waals surface area contributed by atoms with Gasteiger partial charge in [-0.15, -0.1) is 0 Å². The number of guanidine groups is 1. The van der Waals surface area contributed by atoms with Crippen molar-refractivity contribution in [3.8, 4) is 0 Å². The molecule has 1 aliphatic carbocycles. The van der Waals surface area contributed by atoms with Gasteiger partial charge in [0.1, 0.15) is 0 Å². The van der Waals surface area contributed by atoms with E-state index in [1.54, 1.807) is 0 Å². The van der Waals surface area contributed by atoms with Gasteiger partial charge in [-0.1, -0.05) is 11.6 Å². The minimum absolute atomic E-state index is 0.660. The molecule has 0 radical (unpaired) electrons. The van der Waals surface area contributed by atoms with E-state index in [1.165, 1.54) is 18.5 Å². The van der Waals surface area contributed by atoms with Gasteiger partial charge in [-0.25, -0.2) is 0 Å². The summed E-state index contributed by atoms with van der Waals surface area (Å²) in [4.78, 5) is 9.01. The monoisotopic (exact) mass is 350 g/mol. The Bertz CT molecular complexity index is 536. The quantitative estimate of drug-likeness (QED) is 0.466. The number of benzene rings is 1. The van der Waals surface area contributed by atoms with Gasteiger partial charge >= 0.3 is 0 Å². The molecule has 1 saturated carbocycles. The molecule has 0 spiro atoms. The Morgan fingerprint density at radius 3 is 2.54 bits per heavy atom. The Hall–Kier alpha value is -1.46. The van der Waals surface area contributed by atoms with Crippen molar-refractivity contribution in [1.82, 2.24) is 4.90 Å². The highest BCUT2D eigenvalue weighted by Crippen LogP contribution is 2.28. The summed E-state index contributed by atoms with van der Waals surface area (Å²) in [5.41, 5.74) is 7.34. The van der Waals surface area contributed by atoms with Crippen LogP contribution < -0.4 is 10.6 Å². The van der Waals surface area contributed by atoms with Crippen LogP contribution in [0.15, 0.2) is 29.3 Å². The average Bonchev–Trinajstić information content (AvgIpc) is 3.43. The number of anilines is 1. The molecule has 1 saturated heterocycles. The molecule has 2 aliphatic rings. The molecule has 0 unspecified atom stereocenters. The average molecular weight is 351 g/mol. The first-order valence-electron chi connectivity index (χ1n) is 8.85. The van der Waals surface area contributed by atoms with E-state index in [-0.39, 0.29) is 0 Å². The SMILES string of the molecule is NC(=NCCCOCC1CC1)N1CCN(c2ccc(Cl)cc2)CC1. The van der Waals surface area contributed by atoms with Crippen LogP contribution in [-0.2, 0) is 4.74 Å². The molecule has 2 N–H and O–H groups in total. The molecule has 1 heterocycles. The third-order valence-electron chi connectivity index (χ3n) is 4.57. The van der Waals surface area contributed by atoms with E-state index in [2.05, 4.69) is 26.9 Å². The molecule has 0 amide bonds. The molecule has 0 bridgehead atoms. The van der Waals surface area contributed by atoms with Crippen LogP contribution in [0, 0.1) is 5.92 Å². The van der Waals surface area contributed by atoms with Gasteiger partial charge in [0.05, 0.1) is 0 Å². The van der Waals surface area contributed by atoms with Gasteiger partial charge < -0.3 is 20.3 Å². The first-order valence-corrected chi connectivity index (χ1v) is 9.23. The van der Waals surface area contributed by atoms with Gasteiger partial charge in [0, 0.05) is 56.6 Å². The van der Waals surface area contributed by atoms with Gasteiger partial charge in [-0.05, 0) is 49.4 Å². The third kappa shape index (κ3) is 5.28. The number of nitrogens with two attached hydrogens (primary N) is 1. The maximum Gasteiger partial charge on any atom is 0.191 e. The predicted molar refractivity (Wildman–Crippen MR) is 99.9 cm³/mol. The zero-order valence-corrected chi connectivity index (χ0v) is 14.9. The Labute approximate surface area is 149 Å². The lowest BCUT2D eigenvalue weighted by Gasteiger charge is -2.36. The highest BCUT2D eigenvalue weighted by Gasteiger charge is 2.21. The molecule has 2 fully saturated rings. The van der Waals surface area contributed by atoms with Crippen LogP contribution in [0.25, 0.3) is 0 Å². The van der Waals surface area contributed by atoms with Crippen LogP contribution in [0.4, 0.5) is 5.69 Å². The lowest BCUT2D eigenvalue weighted by molar-refractivity contribution is 0.123. The van der Waals surface area contributed by atoms with E-state index in [1.807, 2.05) is 12.1 Å². The first-order chi connectivity index (χ1) is 11.7. The molecule has 1 aromatic carbocycles. The molecule has 3 rings (SSSR count). The van der Waals surface area contributed by atoms with Crippen molar-refractivity contribution >= 4 is 23.2 Å². The molecule has 1 aliphatic heterocycles. The van der Waals surface area contributed by atoms with E-state index < -0.39 is 0 Å². The highest BCUT2D eigenvalue weighted by atomic mass is 35.5. The molecular weight excluding hydrogens is 324 g/mol. The zero-order chi connectivity index (χ0) is 16.8. The maximum atomic E-state index is 6.12. The molecular formula is C18H27ClN4O. The summed E-state index contributed by atoms with van der Waals surface area (Å²) in [6.45, 7) is 6.15. The van der Waals surface area contributed by atoms with Crippen molar-refractivity contribution < 1.29 is 4.74 Å². The van der Waals surface area contributed by atoms with E-state index in [4.69, 9.17) is 22.1 Å². The standard InChI is InChI=1S/C18H27ClN4O/c19-16-4-6-17(7-5-16)22-9-11-23(12-10-22)18(20)21-8-1-13-24-14-15-2-3-15/h4-7,15H,1-3,8-14H2,(H2,20,21). The third-order valence-corrected chi connectivity index (χ3v) is 4.82. The molecule has 0 atom stereocenters. The molecule has 5 nitrogen and oxygen atoms in total. The summed E-state index contributed by atoms with van der Waals surface area (Å²) < 4.78 is 5.62. The van der Waals surface area contributed by atoms with Crippen molar-refractivity contribution in [2.75, 3.05) is 50.8 Å². The molecule has 0 aromatic heterocycles. The smallest absolute Gasteiger partial charge is 0.191 e. The second-order valence-electron chi connectivity index (χ2n) is 6.56. The van der Waals surface area contributed by atoms with Gasteiger partial charge in [0.2, 0.25) is 0 Å². The second-order valence-corrected chi connectivity index (χ2v) is 7.00. The summed E-state index contributed by atoms with van der Waals surface area (Å²) in [6, 6.07) is 8.00. The van der Waals surface area contributed by atoms with Gasteiger partial charge in [0.15, 0.2) is 5.96 Å². The summed E-state index contributed by atoms with van der Waals surface area (Å²) >= 11 is 5.95. The number of rotatable bonds is 7. The minimum Gasteiger partial charge on any atom is -0.381 e. The van der Waals surface area contributed by atoms with Crippen molar-refractivity contribution in [2.45, 2.75) is 19.3 Å². The Kier molecular flexibility index (Phi) is 6.21. The lowest BCUT2D eigenvalue weighted by Crippen LogP contribution is -2.51. The zero-order valence-electron chi connectivity index (χ0n) is 14.2. The van der Waals surface area contributed by atoms with E-state index >= 15 is 0 Å². The summed E-state index contributed by atoms with van der Waals surface area (Å²) in [5, 5.41) is 0.773. The van der Waals surface area contributed by atoms with E-state index in [9.17, 15) is 0 Å². The second kappa shape index (κ2) is 8.58. The fourth-order valence-electron chi connectivity index (χ4n) is 2.84. The van der Waals surface area contributed by atoms with Crippen LogP contribution in [0.3, 0.4) is 0 Å². The van der Waals surface area contributed by atoms with Crippen molar-refractivity contribution in [3.05, 3.63) is 29.3 Å². The lowest BCUT2D eigenvalue weighted by atomic mass is 10.2. The minimum atomic E-state index is 0.660. The van der Waals surface area contributed by atoms with Crippen LogP contribution >= 0.6 is 11.6 Å². The van der Waals surface area contributed by atoms with Crippen molar-refractivity contribution in [3.63, 3.8) is 0 Å². The number of piperazine rings is 1. The number of hydrogen-bond acceptors (Lipinski definition) is 3. The Morgan fingerprint density at radius 1 is 1.17 bits per heavy atom. The van der Waals surface area contributed by atoms with Crippen molar-refractivity contribution in [2.24, 2.45) is 16.6 Å². The Balaban J connectivity index is 1.35. The number of hydrogen-bond donors (Lipinski definition) is 1. The van der Waals surface area contributed by atoms with Crippen LogP contribution in [0.1, 0.15) is 19.3 Å². The van der Waals surface area contributed by atoms with Crippen molar-refractivity contribution in [1.29, 1.82) is 0 Å². The van der Waals surface area contributed by atoms with Crippen LogP contribution in [-0.4, -0.2) is 56.8 Å². The number of halogens is 1. The molecule has 24 heavy (non-hydrogen) atoms. The topological polar surface area (TPSA) is 54.1 Å². The summed E-state index contributed by atoms with van der Waals surface area (Å²) in [7, 11) is 0. The summed E-state index contributed by atoms with van der Waals surface area (Å²) in [6.07, 6.45) is 3.62. The fraction of sp³-hybridized carbons (Fsp3) is 0.611. The van der Waals surface area contributed by atoms with Gasteiger partial charge in [-0.3, -0.25) is 4.99 Å². The summed E-state index contributed by atoms with van der Waals surface area (Å²) in [5.74, 6) is 1.49. The largest absolute Gasteiger partial charge is 0.381 e. The predicted octanol–water partition coefficient (Wildman–Crippen LogP) is 2.59. The number of aliphatic imine (C=N–C) groups is 1. The maximum absolute atomic E-state index is 6.12. The Morgan fingerprint density at radius 2 is 1.88 bits per heavy atom.